The van der Waals surface area contributed by atoms with Gasteiger partial charge in [0, 0.05) is 12.1 Å². The molecular formula is C17H18BrNO3. The Labute approximate surface area is 138 Å². The summed E-state index contributed by atoms with van der Waals surface area (Å²) in [4.78, 5) is 12.0. The predicted octanol–water partition coefficient (Wildman–Crippen LogP) is 3.53. The van der Waals surface area contributed by atoms with Crippen LogP contribution in [-0.2, 0) is 6.42 Å². The highest BCUT2D eigenvalue weighted by atomic mass is 79.9. The summed E-state index contributed by atoms with van der Waals surface area (Å²) in [6.45, 7) is 0.601. The van der Waals surface area contributed by atoms with Crippen LogP contribution in [-0.4, -0.2) is 24.7 Å². The van der Waals surface area contributed by atoms with Gasteiger partial charge < -0.3 is 15.2 Å². The van der Waals surface area contributed by atoms with Crippen LogP contribution in [0, 0.1) is 0 Å². The van der Waals surface area contributed by atoms with Crippen molar-refractivity contribution in [2.45, 2.75) is 12.8 Å². The maximum absolute atomic E-state index is 12.0. The van der Waals surface area contributed by atoms with Crippen molar-refractivity contribution in [2.75, 3.05) is 13.7 Å². The summed E-state index contributed by atoms with van der Waals surface area (Å²) >= 11 is 3.37. The van der Waals surface area contributed by atoms with Gasteiger partial charge in [-0.05, 0) is 64.7 Å². The van der Waals surface area contributed by atoms with Gasteiger partial charge in [-0.15, -0.1) is 0 Å². The Kier molecular flexibility index (Phi) is 5.83. The van der Waals surface area contributed by atoms with Gasteiger partial charge in [-0.2, -0.15) is 0 Å². The largest absolute Gasteiger partial charge is 0.508 e. The zero-order valence-electron chi connectivity index (χ0n) is 12.3. The SMILES string of the molecule is COc1ccc(C(=O)NCCCc2ccc(O)cc2)cc1Br. The molecule has 0 bridgehead atoms. The highest BCUT2D eigenvalue weighted by molar-refractivity contribution is 9.10. The molecule has 0 aliphatic heterocycles. The number of ether oxygens (including phenoxy) is 1. The van der Waals surface area contributed by atoms with Gasteiger partial charge in [0.05, 0.1) is 11.6 Å². The topological polar surface area (TPSA) is 58.6 Å². The van der Waals surface area contributed by atoms with E-state index in [1.165, 1.54) is 0 Å². The van der Waals surface area contributed by atoms with E-state index in [0.29, 0.717) is 17.9 Å². The van der Waals surface area contributed by atoms with Crippen molar-refractivity contribution in [2.24, 2.45) is 0 Å². The summed E-state index contributed by atoms with van der Waals surface area (Å²) < 4.78 is 5.90. The number of rotatable bonds is 6. The normalized spacial score (nSPS) is 10.3. The lowest BCUT2D eigenvalue weighted by Crippen LogP contribution is -2.24. The average Bonchev–Trinajstić information content (AvgIpc) is 2.53. The monoisotopic (exact) mass is 363 g/mol. The number of benzene rings is 2. The Morgan fingerprint density at radius 1 is 1.23 bits per heavy atom. The minimum Gasteiger partial charge on any atom is -0.508 e. The smallest absolute Gasteiger partial charge is 0.251 e. The quantitative estimate of drug-likeness (QED) is 0.771. The molecule has 1 amide bonds. The van der Waals surface area contributed by atoms with E-state index in [1.54, 1.807) is 37.4 Å². The minimum absolute atomic E-state index is 0.103. The third-order valence-corrected chi connectivity index (χ3v) is 3.90. The number of halogens is 1. The van der Waals surface area contributed by atoms with Gasteiger partial charge in [0.15, 0.2) is 0 Å². The Hall–Kier alpha value is -2.01. The standard InChI is InChI=1S/C17H18BrNO3/c1-22-16-9-6-13(11-15(16)18)17(21)19-10-2-3-12-4-7-14(20)8-5-12/h4-9,11,20H,2-3,10H2,1H3,(H,19,21). The van der Waals surface area contributed by atoms with E-state index in [1.807, 2.05) is 12.1 Å². The average molecular weight is 364 g/mol. The molecule has 2 aromatic carbocycles. The molecule has 2 aromatic rings. The summed E-state index contributed by atoms with van der Waals surface area (Å²) in [5, 5.41) is 12.1. The Morgan fingerprint density at radius 3 is 2.59 bits per heavy atom. The molecule has 0 aliphatic carbocycles. The Bertz CT molecular complexity index is 641. The van der Waals surface area contributed by atoms with E-state index in [0.717, 1.165) is 22.9 Å². The highest BCUT2D eigenvalue weighted by Gasteiger charge is 2.08. The number of amides is 1. The molecule has 0 unspecified atom stereocenters. The molecule has 116 valence electrons. The second-order valence-corrected chi connectivity index (χ2v) is 5.73. The fraction of sp³-hybridized carbons (Fsp3) is 0.235. The predicted molar refractivity (Wildman–Crippen MR) is 89.5 cm³/mol. The zero-order valence-corrected chi connectivity index (χ0v) is 13.9. The highest BCUT2D eigenvalue weighted by Crippen LogP contribution is 2.25. The van der Waals surface area contributed by atoms with Crippen molar-refractivity contribution < 1.29 is 14.6 Å². The van der Waals surface area contributed by atoms with Crippen molar-refractivity contribution in [3.8, 4) is 11.5 Å². The van der Waals surface area contributed by atoms with Crippen molar-refractivity contribution in [1.29, 1.82) is 0 Å². The number of nitrogens with one attached hydrogen (secondary N) is 1. The summed E-state index contributed by atoms with van der Waals surface area (Å²) in [5.41, 5.74) is 1.73. The molecule has 0 saturated carbocycles. The third-order valence-electron chi connectivity index (χ3n) is 3.28. The van der Waals surface area contributed by atoms with Crippen molar-refractivity contribution in [3.05, 3.63) is 58.1 Å². The Morgan fingerprint density at radius 2 is 1.95 bits per heavy atom. The minimum atomic E-state index is -0.103. The lowest BCUT2D eigenvalue weighted by atomic mass is 10.1. The molecule has 22 heavy (non-hydrogen) atoms. The molecule has 0 radical (unpaired) electrons. The molecule has 0 saturated heterocycles. The summed E-state index contributed by atoms with van der Waals surface area (Å²) in [6.07, 6.45) is 1.70. The van der Waals surface area contributed by atoms with Gasteiger partial charge in [0.25, 0.3) is 5.91 Å². The molecule has 2 N–H and O–H groups in total. The number of methoxy groups -OCH3 is 1. The summed E-state index contributed by atoms with van der Waals surface area (Å²) in [6, 6.07) is 12.4. The maximum Gasteiger partial charge on any atom is 0.251 e. The van der Waals surface area contributed by atoms with Crippen molar-refractivity contribution >= 4 is 21.8 Å². The number of carbonyl (C=O) groups is 1. The van der Waals surface area contributed by atoms with Gasteiger partial charge in [-0.3, -0.25) is 4.79 Å². The zero-order chi connectivity index (χ0) is 15.9. The van der Waals surface area contributed by atoms with Crippen LogP contribution in [0.4, 0.5) is 0 Å². The first kappa shape index (κ1) is 16.4. The number of hydrogen-bond acceptors (Lipinski definition) is 3. The Balaban J connectivity index is 1.80. The van der Waals surface area contributed by atoms with Gasteiger partial charge >= 0.3 is 0 Å². The number of carbonyl (C=O) groups excluding carboxylic acids is 1. The molecule has 4 nitrogen and oxygen atoms in total. The fourth-order valence-corrected chi connectivity index (χ4v) is 2.61. The second kappa shape index (κ2) is 7.84. The molecule has 2 rings (SSSR count). The van der Waals surface area contributed by atoms with Gasteiger partial charge in [0.2, 0.25) is 0 Å². The summed E-state index contributed by atoms with van der Waals surface area (Å²) in [5.74, 6) is 0.861. The number of aryl methyl sites for hydroxylation is 1. The second-order valence-electron chi connectivity index (χ2n) is 4.88. The molecule has 0 aliphatic rings. The first-order valence-electron chi connectivity index (χ1n) is 7.00. The number of hydrogen-bond donors (Lipinski definition) is 2. The molecule has 0 aromatic heterocycles. The van der Waals surface area contributed by atoms with E-state index in [9.17, 15) is 9.90 Å². The van der Waals surface area contributed by atoms with Gasteiger partial charge in [-0.25, -0.2) is 0 Å². The van der Waals surface area contributed by atoms with Crippen LogP contribution in [0.3, 0.4) is 0 Å². The first-order valence-corrected chi connectivity index (χ1v) is 7.79. The molecule has 0 atom stereocenters. The van der Waals surface area contributed by atoms with E-state index >= 15 is 0 Å². The lowest BCUT2D eigenvalue weighted by molar-refractivity contribution is 0.0953. The van der Waals surface area contributed by atoms with E-state index in [-0.39, 0.29) is 11.7 Å². The number of phenols is 1. The first-order chi connectivity index (χ1) is 10.6. The van der Waals surface area contributed by atoms with Crippen LogP contribution in [0.1, 0.15) is 22.3 Å². The number of aromatic hydroxyl groups is 1. The van der Waals surface area contributed by atoms with E-state index in [4.69, 9.17) is 4.74 Å². The van der Waals surface area contributed by atoms with Gasteiger partial charge in [0.1, 0.15) is 11.5 Å². The number of phenolic OH excluding ortho intramolecular Hbond substituents is 1. The van der Waals surface area contributed by atoms with Crippen LogP contribution < -0.4 is 10.1 Å². The van der Waals surface area contributed by atoms with Crippen LogP contribution in [0.15, 0.2) is 46.9 Å². The van der Waals surface area contributed by atoms with Gasteiger partial charge in [-0.1, -0.05) is 12.1 Å². The van der Waals surface area contributed by atoms with Crippen LogP contribution in [0.25, 0.3) is 0 Å². The lowest BCUT2D eigenvalue weighted by Gasteiger charge is -2.08. The van der Waals surface area contributed by atoms with Crippen molar-refractivity contribution in [3.63, 3.8) is 0 Å². The van der Waals surface area contributed by atoms with E-state index in [2.05, 4.69) is 21.2 Å². The fourth-order valence-electron chi connectivity index (χ4n) is 2.07. The molecule has 0 fully saturated rings. The van der Waals surface area contributed by atoms with Crippen LogP contribution >= 0.6 is 15.9 Å². The third kappa shape index (κ3) is 4.49. The maximum atomic E-state index is 12.0. The molecule has 5 heteroatoms. The summed E-state index contributed by atoms with van der Waals surface area (Å²) in [7, 11) is 1.59. The molecular weight excluding hydrogens is 346 g/mol. The van der Waals surface area contributed by atoms with Crippen molar-refractivity contribution in [1.82, 2.24) is 5.32 Å². The molecule has 0 spiro atoms. The molecule has 0 heterocycles. The van der Waals surface area contributed by atoms with E-state index < -0.39 is 0 Å². The van der Waals surface area contributed by atoms with Crippen LogP contribution in [0.2, 0.25) is 0 Å². The van der Waals surface area contributed by atoms with Crippen LogP contribution in [0.5, 0.6) is 11.5 Å².